The van der Waals surface area contributed by atoms with E-state index in [1.54, 1.807) is 14.2 Å². The number of fused-ring (bicyclic) bond motifs is 7. The molecule has 126 valence electrons. The Kier molecular flexibility index (Phi) is 3.26. The molecule has 0 heterocycles. The van der Waals surface area contributed by atoms with Crippen molar-refractivity contribution in [3.8, 4) is 11.5 Å². The summed E-state index contributed by atoms with van der Waals surface area (Å²) in [5.41, 5.74) is 0. The van der Waals surface area contributed by atoms with Crippen molar-refractivity contribution in [3.05, 3.63) is 72.8 Å². The lowest BCUT2D eigenvalue weighted by Crippen LogP contribution is -1.86. The first-order valence-electron chi connectivity index (χ1n) is 8.68. The monoisotopic (exact) mass is 338 g/mol. The van der Waals surface area contributed by atoms with Crippen molar-refractivity contribution in [2.45, 2.75) is 0 Å². The van der Waals surface area contributed by atoms with Gasteiger partial charge in [-0.15, -0.1) is 0 Å². The Bertz CT molecular complexity index is 1200. The van der Waals surface area contributed by atoms with Crippen LogP contribution in [0.4, 0.5) is 0 Å². The van der Waals surface area contributed by atoms with Gasteiger partial charge in [0.25, 0.3) is 0 Å². The minimum Gasteiger partial charge on any atom is -0.497 e. The summed E-state index contributed by atoms with van der Waals surface area (Å²) >= 11 is 0. The first-order valence-corrected chi connectivity index (χ1v) is 8.68. The van der Waals surface area contributed by atoms with Gasteiger partial charge in [0.05, 0.1) is 14.2 Å². The molecule has 0 aromatic heterocycles. The predicted octanol–water partition coefficient (Wildman–Crippen LogP) is 6.32. The van der Waals surface area contributed by atoms with Crippen molar-refractivity contribution in [1.29, 1.82) is 0 Å². The van der Waals surface area contributed by atoms with Crippen molar-refractivity contribution < 1.29 is 9.47 Å². The van der Waals surface area contributed by atoms with Crippen molar-refractivity contribution in [2.24, 2.45) is 0 Å². The minimum absolute atomic E-state index is 0.887. The van der Waals surface area contributed by atoms with Crippen LogP contribution in [0.3, 0.4) is 0 Å². The van der Waals surface area contributed by atoms with E-state index in [2.05, 4.69) is 60.7 Å². The molecule has 0 amide bonds. The molecule has 5 rings (SSSR count). The van der Waals surface area contributed by atoms with Crippen LogP contribution in [0.15, 0.2) is 72.8 Å². The van der Waals surface area contributed by atoms with Crippen LogP contribution in [0.5, 0.6) is 11.5 Å². The maximum Gasteiger partial charge on any atom is 0.119 e. The van der Waals surface area contributed by atoms with Crippen LogP contribution in [0.25, 0.3) is 43.1 Å². The fourth-order valence-electron chi connectivity index (χ4n) is 3.91. The molecule has 0 aliphatic rings. The molecule has 0 saturated heterocycles. The Morgan fingerprint density at radius 2 is 0.769 bits per heavy atom. The first-order chi connectivity index (χ1) is 12.8. The number of ether oxygens (including phenoxy) is 2. The smallest absolute Gasteiger partial charge is 0.119 e. The maximum absolute atomic E-state index is 5.36. The van der Waals surface area contributed by atoms with Gasteiger partial charge in [-0.25, -0.2) is 0 Å². The zero-order valence-electron chi connectivity index (χ0n) is 14.7. The van der Waals surface area contributed by atoms with Crippen LogP contribution < -0.4 is 9.47 Å². The van der Waals surface area contributed by atoms with Gasteiger partial charge in [-0.05, 0) is 67.4 Å². The molecule has 0 fully saturated rings. The Balaban J connectivity index is 1.87. The molecule has 2 nitrogen and oxygen atoms in total. The standard InChI is InChI=1S/C24H18O2/c1-25-17-5-9-19-15(13-17)3-7-23-21(19)11-12-22-20-10-6-18(26-2)14-16(20)4-8-24(22)23/h3-14H,1-2H3. The number of hydrogen-bond acceptors (Lipinski definition) is 2. The van der Waals surface area contributed by atoms with Gasteiger partial charge >= 0.3 is 0 Å². The second kappa shape index (κ2) is 5.63. The lowest BCUT2D eigenvalue weighted by molar-refractivity contribution is 0.415. The van der Waals surface area contributed by atoms with E-state index in [1.165, 1.54) is 43.1 Å². The average Bonchev–Trinajstić information content (AvgIpc) is 2.71. The van der Waals surface area contributed by atoms with Crippen LogP contribution in [0.1, 0.15) is 0 Å². The molecule has 0 unspecified atom stereocenters. The Hall–Kier alpha value is -3.26. The third-order valence-electron chi connectivity index (χ3n) is 5.24. The molecular weight excluding hydrogens is 320 g/mol. The van der Waals surface area contributed by atoms with Crippen molar-refractivity contribution in [2.75, 3.05) is 14.2 Å². The summed E-state index contributed by atoms with van der Waals surface area (Å²) in [4.78, 5) is 0. The summed E-state index contributed by atoms with van der Waals surface area (Å²) in [5.74, 6) is 1.77. The van der Waals surface area contributed by atoms with Gasteiger partial charge in [-0.2, -0.15) is 0 Å². The molecule has 0 saturated carbocycles. The number of benzene rings is 5. The quantitative estimate of drug-likeness (QED) is 0.351. The fourth-order valence-corrected chi connectivity index (χ4v) is 3.91. The molecule has 0 aliphatic carbocycles. The summed E-state index contributed by atoms with van der Waals surface area (Å²) in [7, 11) is 3.41. The van der Waals surface area contributed by atoms with Crippen molar-refractivity contribution >= 4 is 43.1 Å². The molecule has 0 aliphatic heterocycles. The summed E-state index contributed by atoms with van der Waals surface area (Å²) in [5, 5.41) is 9.98. The second-order valence-corrected chi connectivity index (χ2v) is 6.56. The summed E-state index contributed by atoms with van der Waals surface area (Å²) in [6.45, 7) is 0. The van der Waals surface area contributed by atoms with Gasteiger partial charge < -0.3 is 9.47 Å². The molecule has 5 aromatic rings. The first kappa shape index (κ1) is 15.0. The summed E-state index contributed by atoms with van der Waals surface area (Å²) in [6.07, 6.45) is 0. The van der Waals surface area contributed by atoms with E-state index in [9.17, 15) is 0 Å². The minimum atomic E-state index is 0.887. The molecule has 0 spiro atoms. The van der Waals surface area contributed by atoms with Gasteiger partial charge in [-0.3, -0.25) is 0 Å². The van der Waals surface area contributed by atoms with E-state index in [1.807, 2.05) is 12.1 Å². The third-order valence-corrected chi connectivity index (χ3v) is 5.24. The van der Waals surface area contributed by atoms with E-state index in [0.717, 1.165) is 11.5 Å². The van der Waals surface area contributed by atoms with Gasteiger partial charge in [0.15, 0.2) is 0 Å². The summed E-state index contributed by atoms with van der Waals surface area (Å²) in [6, 6.07) is 25.8. The second-order valence-electron chi connectivity index (χ2n) is 6.56. The van der Waals surface area contributed by atoms with Crippen molar-refractivity contribution in [3.63, 3.8) is 0 Å². The largest absolute Gasteiger partial charge is 0.497 e. The molecule has 0 atom stereocenters. The topological polar surface area (TPSA) is 18.5 Å². The highest BCUT2D eigenvalue weighted by Gasteiger charge is 2.08. The van der Waals surface area contributed by atoms with E-state index in [0.29, 0.717) is 0 Å². The van der Waals surface area contributed by atoms with Crippen LogP contribution in [-0.4, -0.2) is 14.2 Å². The summed E-state index contributed by atoms with van der Waals surface area (Å²) < 4.78 is 10.7. The average molecular weight is 338 g/mol. The highest BCUT2D eigenvalue weighted by molar-refractivity contribution is 6.22. The van der Waals surface area contributed by atoms with E-state index >= 15 is 0 Å². The zero-order valence-corrected chi connectivity index (χ0v) is 14.7. The van der Waals surface area contributed by atoms with Crippen LogP contribution >= 0.6 is 0 Å². The molecule has 0 N–H and O–H groups in total. The Morgan fingerprint density at radius 1 is 0.423 bits per heavy atom. The van der Waals surface area contributed by atoms with Crippen LogP contribution in [-0.2, 0) is 0 Å². The van der Waals surface area contributed by atoms with Gasteiger partial charge in [0.1, 0.15) is 11.5 Å². The predicted molar refractivity (Wildman–Crippen MR) is 110 cm³/mol. The Labute approximate surface area is 151 Å². The van der Waals surface area contributed by atoms with Crippen LogP contribution in [0, 0.1) is 0 Å². The number of rotatable bonds is 2. The van der Waals surface area contributed by atoms with Gasteiger partial charge in [0, 0.05) is 0 Å². The Morgan fingerprint density at radius 3 is 1.19 bits per heavy atom. The molecule has 2 heteroatoms. The molecule has 0 bridgehead atoms. The van der Waals surface area contributed by atoms with Crippen molar-refractivity contribution in [1.82, 2.24) is 0 Å². The molecule has 0 radical (unpaired) electrons. The highest BCUT2D eigenvalue weighted by Crippen LogP contribution is 2.36. The van der Waals surface area contributed by atoms with E-state index < -0.39 is 0 Å². The number of methoxy groups -OCH3 is 2. The SMILES string of the molecule is COc1ccc2c(ccc3c2ccc2c4ccc(OC)cc4ccc23)c1. The van der Waals surface area contributed by atoms with E-state index in [4.69, 9.17) is 9.47 Å². The normalized spacial score (nSPS) is 11.5. The maximum atomic E-state index is 5.36. The van der Waals surface area contributed by atoms with Gasteiger partial charge in [0.2, 0.25) is 0 Å². The van der Waals surface area contributed by atoms with Crippen LogP contribution in [0.2, 0.25) is 0 Å². The van der Waals surface area contributed by atoms with Gasteiger partial charge in [-0.1, -0.05) is 48.5 Å². The lowest BCUT2D eigenvalue weighted by atomic mass is 9.94. The fraction of sp³-hybridized carbons (Fsp3) is 0.0833. The zero-order chi connectivity index (χ0) is 17.7. The molecule has 5 aromatic carbocycles. The molecule has 26 heavy (non-hydrogen) atoms. The number of hydrogen-bond donors (Lipinski definition) is 0. The van der Waals surface area contributed by atoms with E-state index in [-0.39, 0.29) is 0 Å². The molecular formula is C24H18O2. The third kappa shape index (κ3) is 2.12. The lowest BCUT2D eigenvalue weighted by Gasteiger charge is -2.11. The highest BCUT2D eigenvalue weighted by atomic mass is 16.5.